The van der Waals surface area contributed by atoms with Crippen molar-refractivity contribution in [1.29, 1.82) is 0 Å². The number of benzene rings is 1. The first-order valence-electron chi connectivity index (χ1n) is 6.61. The molecule has 19 heavy (non-hydrogen) atoms. The fourth-order valence-corrected chi connectivity index (χ4v) is 1.99. The first-order chi connectivity index (χ1) is 9.06. The normalized spacial score (nSPS) is 10.7. The van der Waals surface area contributed by atoms with Crippen LogP contribution in [0.2, 0.25) is 0 Å². The summed E-state index contributed by atoms with van der Waals surface area (Å²) in [5.74, 6) is 1.46. The van der Waals surface area contributed by atoms with Crippen molar-refractivity contribution in [1.82, 2.24) is 4.98 Å². The molecule has 0 radical (unpaired) electrons. The van der Waals surface area contributed by atoms with Gasteiger partial charge in [-0.3, -0.25) is 0 Å². The first kappa shape index (κ1) is 13.4. The Morgan fingerprint density at radius 1 is 1.21 bits per heavy atom. The summed E-state index contributed by atoms with van der Waals surface area (Å²) < 4.78 is 0. The van der Waals surface area contributed by atoms with Crippen molar-refractivity contribution in [3.63, 3.8) is 0 Å². The number of rotatable bonds is 4. The third-order valence-electron chi connectivity index (χ3n) is 3.21. The number of nitrogens with zero attached hydrogens (tertiary/aromatic N) is 1. The van der Waals surface area contributed by atoms with Gasteiger partial charge < -0.3 is 11.1 Å². The summed E-state index contributed by atoms with van der Waals surface area (Å²) in [5.41, 5.74) is 10.1. The van der Waals surface area contributed by atoms with E-state index >= 15 is 0 Å². The summed E-state index contributed by atoms with van der Waals surface area (Å²) >= 11 is 0. The Morgan fingerprint density at radius 2 is 1.89 bits per heavy atom. The quantitative estimate of drug-likeness (QED) is 0.875. The summed E-state index contributed by atoms with van der Waals surface area (Å²) in [6, 6.07) is 10.6. The Morgan fingerprint density at radius 3 is 2.47 bits per heavy atom. The zero-order valence-corrected chi connectivity index (χ0v) is 11.8. The largest absolute Gasteiger partial charge is 0.397 e. The van der Waals surface area contributed by atoms with Crippen LogP contribution < -0.4 is 11.1 Å². The predicted molar refractivity (Wildman–Crippen MR) is 81.2 cm³/mol. The van der Waals surface area contributed by atoms with Gasteiger partial charge in [-0.05, 0) is 35.6 Å². The topological polar surface area (TPSA) is 50.9 Å². The minimum absolute atomic E-state index is 0.572. The van der Waals surface area contributed by atoms with Gasteiger partial charge in [-0.25, -0.2) is 4.98 Å². The van der Waals surface area contributed by atoms with Crippen LogP contribution in [0.1, 0.15) is 36.5 Å². The highest BCUT2D eigenvalue weighted by molar-refractivity contribution is 5.51. The summed E-state index contributed by atoms with van der Waals surface area (Å²) in [6.45, 7) is 7.19. The maximum Gasteiger partial charge on any atom is 0.129 e. The molecule has 2 aromatic rings. The average molecular weight is 255 g/mol. The Labute approximate surface area is 114 Å². The van der Waals surface area contributed by atoms with Crippen molar-refractivity contribution in [2.75, 3.05) is 11.1 Å². The third kappa shape index (κ3) is 3.47. The highest BCUT2D eigenvalue weighted by Gasteiger charge is 2.02. The molecular formula is C16H21N3. The third-order valence-corrected chi connectivity index (χ3v) is 3.21. The summed E-state index contributed by atoms with van der Waals surface area (Å²) in [7, 11) is 0. The van der Waals surface area contributed by atoms with E-state index in [0.717, 1.165) is 17.9 Å². The monoisotopic (exact) mass is 255 g/mol. The average Bonchev–Trinajstić information content (AvgIpc) is 2.38. The Kier molecular flexibility index (Phi) is 4.05. The van der Waals surface area contributed by atoms with Crippen LogP contribution in [-0.2, 0) is 6.54 Å². The maximum atomic E-state index is 5.69. The molecule has 1 aromatic heterocycles. The van der Waals surface area contributed by atoms with Crippen LogP contribution in [-0.4, -0.2) is 4.98 Å². The molecular weight excluding hydrogens is 234 g/mol. The zero-order valence-electron chi connectivity index (χ0n) is 11.8. The maximum absolute atomic E-state index is 5.69. The van der Waals surface area contributed by atoms with E-state index in [2.05, 4.69) is 48.4 Å². The fourth-order valence-electron chi connectivity index (χ4n) is 1.99. The molecule has 0 atom stereocenters. The zero-order chi connectivity index (χ0) is 13.8. The van der Waals surface area contributed by atoms with Crippen LogP contribution in [0, 0.1) is 6.92 Å². The molecule has 0 bridgehead atoms. The minimum atomic E-state index is 0.572. The number of aromatic nitrogens is 1. The van der Waals surface area contributed by atoms with Crippen LogP contribution >= 0.6 is 0 Å². The van der Waals surface area contributed by atoms with Crippen molar-refractivity contribution in [3.05, 3.63) is 53.2 Å². The first-order valence-corrected chi connectivity index (χ1v) is 6.61. The number of anilines is 2. The van der Waals surface area contributed by atoms with E-state index in [1.807, 2.05) is 13.0 Å². The van der Waals surface area contributed by atoms with Gasteiger partial charge in [0.2, 0.25) is 0 Å². The molecule has 3 heteroatoms. The molecule has 0 fully saturated rings. The number of nitrogens with one attached hydrogen (secondary N) is 1. The highest BCUT2D eigenvalue weighted by atomic mass is 15.0. The van der Waals surface area contributed by atoms with E-state index < -0.39 is 0 Å². The van der Waals surface area contributed by atoms with E-state index in [4.69, 9.17) is 5.73 Å². The van der Waals surface area contributed by atoms with Crippen molar-refractivity contribution >= 4 is 11.5 Å². The molecule has 0 unspecified atom stereocenters. The summed E-state index contributed by atoms with van der Waals surface area (Å²) in [5, 5.41) is 3.34. The van der Waals surface area contributed by atoms with E-state index in [1.54, 1.807) is 6.20 Å². The standard InChI is InChI=1S/C16H21N3/c1-11(2)14-6-4-13(5-7-14)9-18-16-12(3)8-15(17)10-19-16/h4-8,10-11H,9,17H2,1-3H3,(H,18,19). The molecule has 0 saturated heterocycles. The van der Waals surface area contributed by atoms with Crippen LogP contribution in [0.25, 0.3) is 0 Å². The van der Waals surface area contributed by atoms with Gasteiger partial charge in [0, 0.05) is 6.54 Å². The SMILES string of the molecule is Cc1cc(N)cnc1NCc1ccc(C(C)C)cc1. The number of pyridine rings is 1. The molecule has 0 amide bonds. The second-order valence-corrected chi connectivity index (χ2v) is 5.18. The van der Waals surface area contributed by atoms with Gasteiger partial charge in [0.05, 0.1) is 11.9 Å². The van der Waals surface area contributed by atoms with Crippen LogP contribution in [0.4, 0.5) is 11.5 Å². The Hall–Kier alpha value is -2.03. The van der Waals surface area contributed by atoms with Crippen molar-refractivity contribution in [2.45, 2.75) is 33.2 Å². The number of hydrogen-bond acceptors (Lipinski definition) is 3. The minimum Gasteiger partial charge on any atom is -0.397 e. The van der Waals surface area contributed by atoms with Crippen LogP contribution in [0.5, 0.6) is 0 Å². The molecule has 3 nitrogen and oxygen atoms in total. The molecule has 0 aliphatic rings. The summed E-state index contributed by atoms with van der Waals surface area (Å²) in [6.07, 6.45) is 1.68. The van der Waals surface area contributed by atoms with Gasteiger partial charge >= 0.3 is 0 Å². The fraction of sp³-hybridized carbons (Fsp3) is 0.312. The lowest BCUT2D eigenvalue weighted by Gasteiger charge is -2.10. The van der Waals surface area contributed by atoms with Gasteiger partial charge in [0.1, 0.15) is 5.82 Å². The number of hydrogen-bond donors (Lipinski definition) is 2. The second kappa shape index (κ2) is 5.74. The van der Waals surface area contributed by atoms with Crippen molar-refractivity contribution in [3.8, 4) is 0 Å². The predicted octanol–water partition coefficient (Wildman–Crippen LogP) is 3.71. The summed E-state index contributed by atoms with van der Waals surface area (Å²) in [4.78, 5) is 4.30. The van der Waals surface area contributed by atoms with Gasteiger partial charge in [-0.15, -0.1) is 0 Å². The van der Waals surface area contributed by atoms with Crippen LogP contribution in [0.3, 0.4) is 0 Å². The van der Waals surface area contributed by atoms with Gasteiger partial charge in [0.25, 0.3) is 0 Å². The molecule has 2 rings (SSSR count). The van der Waals surface area contributed by atoms with Crippen molar-refractivity contribution < 1.29 is 0 Å². The molecule has 0 saturated carbocycles. The molecule has 0 aliphatic heterocycles. The van der Waals surface area contributed by atoms with Gasteiger partial charge in [-0.1, -0.05) is 38.1 Å². The smallest absolute Gasteiger partial charge is 0.129 e. The Bertz CT molecular complexity index is 544. The lowest BCUT2D eigenvalue weighted by Crippen LogP contribution is -2.04. The number of nitrogens with two attached hydrogens (primary N) is 1. The van der Waals surface area contributed by atoms with Crippen molar-refractivity contribution in [2.24, 2.45) is 0 Å². The highest BCUT2D eigenvalue weighted by Crippen LogP contribution is 2.17. The second-order valence-electron chi connectivity index (χ2n) is 5.18. The lowest BCUT2D eigenvalue weighted by molar-refractivity contribution is 0.865. The molecule has 1 heterocycles. The molecule has 3 N–H and O–H groups in total. The van der Waals surface area contributed by atoms with E-state index in [9.17, 15) is 0 Å². The Balaban J connectivity index is 2.02. The van der Waals surface area contributed by atoms with Gasteiger partial charge in [-0.2, -0.15) is 0 Å². The molecule has 1 aromatic carbocycles. The van der Waals surface area contributed by atoms with E-state index in [0.29, 0.717) is 11.6 Å². The van der Waals surface area contributed by atoms with E-state index in [-0.39, 0.29) is 0 Å². The number of aryl methyl sites for hydroxylation is 1. The molecule has 100 valence electrons. The number of nitrogen functional groups attached to an aromatic ring is 1. The lowest BCUT2D eigenvalue weighted by atomic mass is 10.0. The van der Waals surface area contributed by atoms with Crippen LogP contribution in [0.15, 0.2) is 36.5 Å². The van der Waals surface area contributed by atoms with E-state index in [1.165, 1.54) is 11.1 Å². The van der Waals surface area contributed by atoms with Gasteiger partial charge in [0.15, 0.2) is 0 Å². The molecule has 0 aliphatic carbocycles. The molecule has 0 spiro atoms.